The maximum atomic E-state index is 10.7. The number of fused-ring (bicyclic) bond motifs is 3. The number of rotatable bonds is 3. The van der Waals surface area contributed by atoms with Gasteiger partial charge in [-0.1, -0.05) is 24.3 Å². The molecule has 0 bridgehead atoms. The third-order valence-electron chi connectivity index (χ3n) is 5.75. The van der Waals surface area contributed by atoms with Gasteiger partial charge in [0.25, 0.3) is 0 Å². The van der Waals surface area contributed by atoms with Crippen molar-refractivity contribution in [3.8, 4) is 0 Å². The first-order valence-corrected chi connectivity index (χ1v) is 8.18. The molecule has 4 rings (SSSR count). The molecule has 1 aromatic rings. The minimum atomic E-state index is -0.0979. The highest BCUT2D eigenvalue weighted by atomic mass is 16.5. The lowest BCUT2D eigenvalue weighted by Crippen LogP contribution is -2.22. The second-order valence-corrected chi connectivity index (χ2v) is 6.86. The Hall–Kier alpha value is -0.860. The molecule has 2 heteroatoms. The molecule has 0 radical (unpaired) electrons. The van der Waals surface area contributed by atoms with Gasteiger partial charge in [0, 0.05) is 13.2 Å². The van der Waals surface area contributed by atoms with Crippen LogP contribution in [0.25, 0.3) is 0 Å². The Morgan fingerprint density at radius 1 is 1.15 bits per heavy atom. The van der Waals surface area contributed by atoms with E-state index in [1.165, 1.54) is 24.0 Å². The topological polar surface area (TPSA) is 29.5 Å². The molecule has 0 amide bonds. The summed E-state index contributed by atoms with van der Waals surface area (Å²) in [5.41, 5.74) is 3.05. The Balaban J connectivity index is 1.44. The summed E-state index contributed by atoms with van der Waals surface area (Å²) in [5, 5.41) is 10.7. The molecule has 108 valence electrons. The fourth-order valence-corrected chi connectivity index (χ4v) is 4.63. The van der Waals surface area contributed by atoms with Crippen molar-refractivity contribution in [2.24, 2.45) is 17.8 Å². The van der Waals surface area contributed by atoms with Crippen molar-refractivity contribution in [1.82, 2.24) is 0 Å². The van der Waals surface area contributed by atoms with E-state index in [0.29, 0.717) is 17.8 Å². The van der Waals surface area contributed by atoms with Crippen LogP contribution in [-0.4, -0.2) is 24.4 Å². The van der Waals surface area contributed by atoms with Crippen LogP contribution in [0.3, 0.4) is 0 Å². The van der Waals surface area contributed by atoms with Gasteiger partial charge in [-0.15, -0.1) is 0 Å². The molecular weight excluding hydrogens is 248 g/mol. The Labute approximate surface area is 121 Å². The van der Waals surface area contributed by atoms with E-state index in [-0.39, 0.29) is 6.10 Å². The smallest absolute Gasteiger partial charge is 0.0579 e. The Morgan fingerprint density at radius 2 is 1.95 bits per heavy atom. The SMILES string of the molecule is OC(CC1CCOCC1)C1C2CCc3ccccc3C21. The largest absolute Gasteiger partial charge is 0.393 e. The van der Waals surface area contributed by atoms with E-state index in [1.54, 1.807) is 0 Å². The third kappa shape index (κ3) is 2.19. The van der Waals surface area contributed by atoms with Crippen molar-refractivity contribution in [3.63, 3.8) is 0 Å². The van der Waals surface area contributed by atoms with Gasteiger partial charge in [0.05, 0.1) is 6.10 Å². The molecule has 2 aliphatic carbocycles. The molecule has 1 saturated carbocycles. The molecule has 20 heavy (non-hydrogen) atoms. The molecule has 1 saturated heterocycles. The molecule has 1 N–H and O–H groups in total. The van der Waals surface area contributed by atoms with Gasteiger partial charge in [0.15, 0.2) is 0 Å². The summed E-state index contributed by atoms with van der Waals surface area (Å²) < 4.78 is 5.42. The van der Waals surface area contributed by atoms with Gasteiger partial charge in [-0.25, -0.2) is 0 Å². The number of aryl methyl sites for hydroxylation is 1. The predicted molar refractivity (Wildman–Crippen MR) is 78.7 cm³/mol. The van der Waals surface area contributed by atoms with Gasteiger partial charge >= 0.3 is 0 Å². The fraction of sp³-hybridized carbons (Fsp3) is 0.667. The van der Waals surface area contributed by atoms with Crippen LogP contribution < -0.4 is 0 Å². The number of aliphatic hydroxyl groups excluding tert-OH is 1. The van der Waals surface area contributed by atoms with Crippen LogP contribution in [0.15, 0.2) is 24.3 Å². The van der Waals surface area contributed by atoms with Crippen molar-refractivity contribution < 1.29 is 9.84 Å². The number of aliphatic hydroxyl groups is 1. The summed E-state index contributed by atoms with van der Waals surface area (Å²) in [6.07, 6.45) is 5.64. The van der Waals surface area contributed by atoms with Gasteiger partial charge < -0.3 is 9.84 Å². The van der Waals surface area contributed by atoms with Crippen molar-refractivity contribution in [1.29, 1.82) is 0 Å². The predicted octanol–water partition coefficient (Wildman–Crippen LogP) is 3.14. The summed E-state index contributed by atoms with van der Waals surface area (Å²) in [6.45, 7) is 1.77. The lowest BCUT2D eigenvalue weighted by molar-refractivity contribution is 0.0373. The summed E-state index contributed by atoms with van der Waals surface area (Å²) in [5.74, 6) is 2.60. The molecule has 0 aromatic heterocycles. The summed E-state index contributed by atoms with van der Waals surface area (Å²) in [7, 11) is 0. The monoisotopic (exact) mass is 272 g/mol. The molecular formula is C18H24O2. The Kier molecular flexibility index (Phi) is 3.31. The van der Waals surface area contributed by atoms with Gasteiger partial charge in [0.2, 0.25) is 0 Å². The molecule has 2 fully saturated rings. The first kappa shape index (κ1) is 12.8. The molecule has 4 unspecified atom stereocenters. The van der Waals surface area contributed by atoms with Gasteiger partial charge in [0.1, 0.15) is 0 Å². The Morgan fingerprint density at radius 3 is 2.80 bits per heavy atom. The van der Waals surface area contributed by atoms with Crippen LogP contribution in [-0.2, 0) is 11.2 Å². The average Bonchev–Trinajstić information content (AvgIpc) is 3.23. The standard InChI is InChI=1S/C18H24O2/c19-16(11-12-7-9-20-10-8-12)18-15-6-5-13-3-1-2-4-14(13)17(15)18/h1-4,12,15-19H,5-11H2. The van der Waals surface area contributed by atoms with Crippen LogP contribution in [0, 0.1) is 17.8 Å². The van der Waals surface area contributed by atoms with Crippen LogP contribution in [0.5, 0.6) is 0 Å². The van der Waals surface area contributed by atoms with Crippen LogP contribution in [0.1, 0.15) is 42.7 Å². The quantitative estimate of drug-likeness (QED) is 0.916. The van der Waals surface area contributed by atoms with Gasteiger partial charge in [-0.05, 0) is 66.9 Å². The molecule has 4 atom stereocenters. The lowest BCUT2D eigenvalue weighted by atomic mass is 9.91. The highest BCUT2D eigenvalue weighted by molar-refractivity contribution is 5.39. The minimum Gasteiger partial charge on any atom is -0.393 e. The van der Waals surface area contributed by atoms with Crippen molar-refractivity contribution in [2.45, 2.75) is 44.1 Å². The van der Waals surface area contributed by atoms with Gasteiger partial charge in [-0.2, -0.15) is 0 Å². The van der Waals surface area contributed by atoms with E-state index in [2.05, 4.69) is 24.3 Å². The second kappa shape index (κ2) is 5.16. The summed E-state index contributed by atoms with van der Waals surface area (Å²) in [4.78, 5) is 0. The second-order valence-electron chi connectivity index (χ2n) is 6.86. The van der Waals surface area contributed by atoms with Crippen molar-refractivity contribution >= 4 is 0 Å². The zero-order valence-electron chi connectivity index (χ0n) is 12.0. The minimum absolute atomic E-state index is 0.0979. The number of hydrogen-bond donors (Lipinski definition) is 1. The highest BCUT2D eigenvalue weighted by Gasteiger charge is 2.56. The number of ether oxygens (including phenoxy) is 1. The van der Waals surface area contributed by atoms with Crippen LogP contribution >= 0.6 is 0 Å². The maximum Gasteiger partial charge on any atom is 0.0579 e. The maximum absolute atomic E-state index is 10.7. The summed E-state index contributed by atoms with van der Waals surface area (Å²) >= 11 is 0. The van der Waals surface area contributed by atoms with E-state index in [4.69, 9.17) is 4.74 Å². The molecule has 2 nitrogen and oxygen atoms in total. The van der Waals surface area contributed by atoms with Crippen molar-refractivity contribution in [3.05, 3.63) is 35.4 Å². The van der Waals surface area contributed by atoms with E-state index in [1.807, 2.05) is 0 Å². The molecule has 1 aromatic carbocycles. The van der Waals surface area contributed by atoms with E-state index >= 15 is 0 Å². The average molecular weight is 272 g/mol. The fourth-order valence-electron chi connectivity index (χ4n) is 4.63. The van der Waals surface area contributed by atoms with Gasteiger partial charge in [-0.3, -0.25) is 0 Å². The first-order chi connectivity index (χ1) is 9.84. The van der Waals surface area contributed by atoms with Crippen LogP contribution in [0.2, 0.25) is 0 Å². The normalized spacial score (nSPS) is 34.1. The van der Waals surface area contributed by atoms with E-state index in [9.17, 15) is 5.11 Å². The van der Waals surface area contributed by atoms with E-state index in [0.717, 1.165) is 38.4 Å². The van der Waals surface area contributed by atoms with Crippen LogP contribution in [0.4, 0.5) is 0 Å². The number of benzene rings is 1. The molecule has 3 aliphatic rings. The first-order valence-electron chi connectivity index (χ1n) is 8.18. The zero-order valence-corrected chi connectivity index (χ0v) is 12.0. The van der Waals surface area contributed by atoms with E-state index < -0.39 is 0 Å². The molecule has 0 spiro atoms. The molecule has 1 aliphatic heterocycles. The lowest BCUT2D eigenvalue weighted by Gasteiger charge is -2.24. The zero-order chi connectivity index (χ0) is 13.5. The van der Waals surface area contributed by atoms with Crippen molar-refractivity contribution in [2.75, 3.05) is 13.2 Å². The summed E-state index contributed by atoms with van der Waals surface area (Å²) in [6, 6.07) is 8.86. The number of hydrogen-bond acceptors (Lipinski definition) is 2. The molecule has 1 heterocycles. The Bertz CT molecular complexity index is 478. The third-order valence-corrected chi connectivity index (χ3v) is 5.75. The highest BCUT2D eigenvalue weighted by Crippen LogP contribution is 2.61.